The van der Waals surface area contributed by atoms with Crippen molar-refractivity contribution in [1.82, 2.24) is 8.96 Å². The fraction of sp³-hybridized carbons (Fsp3) is 0.270. The van der Waals surface area contributed by atoms with E-state index in [0.29, 0.717) is 15.8 Å². The van der Waals surface area contributed by atoms with Crippen molar-refractivity contribution in [3.8, 4) is 34.2 Å². The van der Waals surface area contributed by atoms with Crippen molar-refractivity contribution in [1.29, 1.82) is 5.26 Å². The number of fused-ring (bicyclic) bond motifs is 4. The van der Waals surface area contributed by atoms with E-state index in [1.807, 2.05) is 6.07 Å². The second-order valence-electron chi connectivity index (χ2n) is 12.9. The van der Waals surface area contributed by atoms with Crippen molar-refractivity contribution in [3.63, 3.8) is 0 Å². The van der Waals surface area contributed by atoms with Gasteiger partial charge in [-0.15, -0.1) is 0 Å². The van der Waals surface area contributed by atoms with E-state index in [9.17, 15) is 28.0 Å². The lowest BCUT2D eigenvalue weighted by molar-refractivity contribution is -0.148. The van der Waals surface area contributed by atoms with Crippen molar-refractivity contribution < 1.29 is 36.2 Å². The van der Waals surface area contributed by atoms with Gasteiger partial charge in [0.1, 0.15) is 23.2 Å². The number of carboxylic acids is 1. The number of anilines is 1. The first-order valence-electron chi connectivity index (χ1n) is 16.0. The van der Waals surface area contributed by atoms with E-state index in [-0.39, 0.29) is 55.9 Å². The number of carboxylic acid groups (broad SMARTS) is 1. The second kappa shape index (κ2) is 12.5. The molecule has 3 aromatic carbocycles. The van der Waals surface area contributed by atoms with Gasteiger partial charge in [-0.25, -0.2) is 30.5 Å². The number of aromatic nitrogens is 2. The van der Waals surface area contributed by atoms with Crippen LogP contribution in [-0.4, -0.2) is 41.6 Å². The number of halogens is 3. The lowest BCUT2D eigenvalue weighted by Crippen LogP contribution is -2.51. The van der Waals surface area contributed by atoms with E-state index in [1.165, 1.54) is 31.4 Å². The lowest BCUT2D eigenvalue weighted by Gasteiger charge is -2.47. The van der Waals surface area contributed by atoms with Gasteiger partial charge in [0.15, 0.2) is 17.5 Å². The number of benzene rings is 3. The molecule has 5 aromatic rings. The summed E-state index contributed by atoms with van der Waals surface area (Å²) in [4.78, 5) is 16.8. The average Bonchev–Trinajstić information content (AvgIpc) is 3.50. The Morgan fingerprint density at radius 3 is 2.30 bits per heavy atom. The first kappa shape index (κ1) is 33.2. The molecule has 2 heterocycles. The molecule has 2 atom stereocenters. The summed E-state index contributed by atoms with van der Waals surface area (Å²) in [6.45, 7) is 1.77. The van der Waals surface area contributed by atoms with Gasteiger partial charge in [0.2, 0.25) is 0 Å². The Balaban J connectivity index is 1.51. The molecular formula is C37H31F3N4O5S. The van der Waals surface area contributed by atoms with Crippen LogP contribution in [0.4, 0.5) is 19.0 Å². The minimum atomic E-state index is -4.48. The van der Waals surface area contributed by atoms with Crippen LogP contribution in [0.3, 0.4) is 0 Å². The molecule has 8 rings (SSSR count). The molecule has 2 N–H and O–H groups in total. The zero-order chi connectivity index (χ0) is 35.5. The maximum atomic E-state index is 16.8. The predicted molar refractivity (Wildman–Crippen MR) is 179 cm³/mol. The van der Waals surface area contributed by atoms with Gasteiger partial charge < -0.3 is 15.2 Å². The fourth-order valence-electron chi connectivity index (χ4n) is 7.61. The van der Waals surface area contributed by atoms with Gasteiger partial charge in [0.05, 0.1) is 29.2 Å². The molecule has 50 heavy (non-hydrogen) atoms. The minimum absolute atomic E-state index is 0.0874. The summed E-state index contributed by atoms with van der Waals surface area (Å²) in [5.74, 6) is -5.09. The highest BCUT2D eigenvalue weighted by atomic mass is 32.2. The monoisotopic (exact) mass is 700 g/mol. The molecule has 256 valence electrons. The standard InChI is InChI=1S/C37H31F3N4O5S/c1-19-3-13-25(14-4-19)50(47,48)44-18-28(26-15-23(38)16-29(39)35(26)44)34-27(17-41)30(20-9-11-24(49-2)12-10-20)32(40)36(43-34)42-33-22-7-5-21(6-8-22)31(33)37(45)46/h3-4,9-16,18,21-22,31,33H,5-8H2,1-2H3,(H,42,43)(H,45,46). The maximum absolute atomic E-state index is 16.8. The third kappa shape index (κ3) is 5.44. The topological polar surface area (TPSA) is 134 Å². The number of methoxy groups -OCH3 is 1. The van der Waals surface area contributed by atoms with Gasteiger partial charge in [-0.05, 0) is 80.3 Å². The van der Waals surface area contributed by atoms with E-state index in [0.717, 1.165) is 43.5 Å². The maximum Gasteiger partial charge on any atom is 0.308 e. The quantitative estimate of drug-likeness (QED) is 0.170. The number of rotatable bonds is 8. The number of aryl methyl sites for hydroxylation is 1. The number of carbonyl (C=O) groups is 1. The molecule has 0 saturated heterocycles. The SMILES string of the molecule is COc1ccc(-c2c(F)c(NC3C4CCC(CC4)C3C(=O)O)nc(-c3cn(S(=O)(=O)c4ccc(C)cc4)c4c(F)cc(F)cc34)c2C#N)cc1. The van der Waals surface area contributed by atoms with Gasteiger partial charge in [0, 0.05) is 34.8 Å². The number of aliphatic carboxylic acids is 1. The van der Waals surface area contributed by atoms with Gasteiger partial charge in [-0.1, -0.05) is 29.8 Å². The average molecular weight is 701 g/mol. The van der Waals surface area contributed by atoms with Gasteiger partial charge in [-0.3, -0.25) is 4.79 Å². The predicted octanol–water partition coefficient (Wildman–Crippen LogP) is 7.51. The van der Waals surface area contributed by atoms with E-state index in [1.54, 1.807) is 31.2 Å². The van der Waals surface area contributed by atoms with E-state index >= 15 is 8.78 Å². The van der Waals surface area contributed by atoms with E-state index < -0.39 is 50.9 Å². The van der Waals surface area contributed by atoms with Crippen LogP contribution in [0.2, 0.25) is 0 Å². The molecule has 3 saturated carbocycles. The van der Waals surface area contributed by atoms with E-state index in [2.05, 4.69) is 10.3 Å². The Morgan fingerprint density at radius 2 is 1.68 bits per heavy atom. The number of pyridine rings is 1. The molecule has 0 radical (unpaired) electrons. The molecule has 3 aliphatic carbocycles. The highest BCUT2D eigenvalue weighted by Gasteiger charge is 2.48. The summed E-state index contributed by atoms with van der Waals surface area (Å²) in [6.07, 6.45) is 4.00. The molecule has 0 aliphatic heterocycles. The molecule has 3 fully saturated rings. The molecule has 2 unspecified atom stereocenters. The van der Waals surface area contributed by atoms with Crippen LogP contribution in [0.25, 0.3) is 33.3 Å². The Bertz CT molecular complexity index is 2310. The summed E-state index contributed by atoms with van der Waals surface area (Å²) < 4.78 is 81.3. The molecular weight excluding hydrogens is 669 g/mol. The lowest BCUT2D eigenvalue weighted by atomic mass is 9.61. The van der Waals surface area contributed by atoms with Gasteiger partial charge >= 0.3 is 5.97 Å². The summed E-state index contributed by atoms with van der Waals surface area (Å²) in [5, 5.41) is 23.6. The molecule has 0 spiro atoms. The fourth-order valence-corrected chi connectivity index (χ4v) is 8.99. The number of nitrogens with one attached hydrogen (secondary N) is 1. The van der Waals surface area contributed by atoms with Gasteiger partial charge in [0.25, 0.3) is 10.0 Å². The zero-order valence-electron chi connectivity index (χ0n) is 27.0. The molecule has 2 aromatic heterocycles. The van der Waals surface area contributed by atoms with Crippen LogP contribution in [0, 0.1) is 53.5 Å². The van der Waals surface area contributed by atoms with Crippen LogP contribution >= 0.6 is 0 Å². The number of hydrogen-bond acceptors (Lipinski definition) is 7. The van der Waals surface area contributed by atoms with Crippen LogP contribution in [0.5, 0.6) is 5.75 Å². The summed E-state index contributed by atoms with van der Waals surface area (Å²) in [5.41, 5.74) is -0.407. The normalized spacial score (nSPS) is 20.1. The summed E-state index contributed by atoms with van der Waals surface area (Å²) in [6, 6.07) is 14.8. The third-order valence-corrected chi connectivity index (χ3v) is 11.7. The molecule has 2 bridgehead atoms. The number of ether oxygens (including phenoxy) is 1. The van der Waals surface area contributed by atoms with Crippen LogP contribution in [0.15, 0.2) is 71.8 Å². The smallest absolute Gasteiger partial charge is 0.308 e. The Kier molecular flexibility index (Phi) is 8.30. The zero-order valence-corrected chi connectivity index (χ0v) is 27.8. The summed E-state index contributed by atoms with van der Waals surface area (Å²) >= 11 is 0. The largest absolute Gasteiger partial charge is 0.497 e. The van der Waals surface area contributed by atoms with E-state index in [4.69, 9.17) is 4.74 Å². The van der Waals surface area contributed by atoms with Crippen LogP contribution < -0.4 is 10.1 Å². The molecule has 0 amide bonds. The first-order valence-corrected chi connectivity index (χ1v) is 17.5. The van der Waals surface area contributed by atoms with Crippen molar-refractivity contribution in [2.24, 2.45) is 17.8 Å². The number of nitrogens with zero attached hydrogens (tertiary/aromatic N) is 3. The first-order chi connectivity index (χ1) is 23.9. The Hall–Kier alpha value is -5.35. The van der Waals surface area contributed by atoms with Crippen molar-refractivity contribution in [2.75, 3.05) is 12.4 Å². The molecule has 9 nitrogen and oxygen atoms in total. The van der Waals surface area contributed by atoms with Crippen molar-refractivity contribution in [3.05, 3.63) is 95.4 Å². The highest BCUT2D eigenvalue weighted by Crippen LogP contribution is 2.48. The van der Waals surface area contributed by atoms with Crippen molar-refractivity contribution >= 4 is 32.7 Å². The second-order valence-corrected chi connectivity index (χ2v) is 14.7. The molecule has 13 heteroatoms. The number of nitriles is 1. The molecule has 3 aliphatic rings. The van der Waals surface area contributed by atoms with Crippen molar-refractivity contribution in [2.45, 2.75) is 43.5 Å². The number of hydrogen-bond donors (Lipinski definition) is 2. The third-order valence-electron chi connectivity index (χ3n) is 10.1. The Labute approximate surface area is 286 Å². The minimum Gasteiger partial charge on any atom is -0.497 e. The van der Waals surface area contributed by atoms with Crippen LogP contribution in [-0.2, 0) is 14.8 Å². The Morgan fingerprint density at radius 1 is 1.02 bits per heavy atom. The summed E-state index contributed by atoms with van der Waals surface area (Å²) in [7, 11) is -3.03. The highest BCUT2D eigenvalue weighted by molar-refractivity contribution is 7.90. The van der Waals surface area contributed by atoms with Gasteiger partial charge in [-0.2, -0.15) is 5.26 Å². The van der Waals surface area contributed by atoms with Crippen LogP contribution in [0.1, 0.15) is 36.8 Å².